The number of aromatic nitrogens is 1. The van der Waals surface area contributed by atoms with Crippen molar-refractivity contribution in [3.63, 3.8) is 0 Å². The number of hydrogen-bond acceptors (Lipinski definition) is 6. The zero-order chi connectivity index (χ0) is 26.7. The summed E-state index contributed by atoms with van der Waals surface area (Å²) in [7, 11) is 0.249. The number of sulfonamides is 1. The van der Waals surface area contributed by atoms with Crippen molar-refractivity contribution in [1.82, 2.24) is 9.88 Å². The molecule has 0 atom stereocenters. The van der Waals surface area contributed by atoms with E-state index >= 15 is 0 Å². The average molecular weight is 594 g/mol. The monoisotopic (exact) mass is 592 g/mol. The third kappa shape index (κ3) is 7.03. The van der Waals surface area contributed by atoms with Crippen LogP contribution in [0.5, 0.6) is 0 Å². The molecule has 0 spiro atoms. The molecule has 11 heteroatoms. The quantitative estimate of drug-likeness (QED) is 0.243. The lowest BCUT2D eigenvalue weighted by Gasteiger charge is -2.21. The maximum Gasteiger partial charge on any atom is 0.261 e. The number of carbonyl (C=O) groups is 1. The van der Waals surface area contributed by atoms with Crippen LogP contribution in [0.3, 0.4) is 0 Å². The van der Waals surface area contributed by atoms with Crippen LogP contribution in [-0.2, 0) is 10.0 Å². The average Bonchev–Trinajstić information content (AvgIpc) is 3.26. The molecule has 4 aromatic rings. The molecule has 0 saturated heterocycles. The highest BCUT2D eigenvalue weighted by Crippen LogP contribution is 2.34. The number of aryl methyl sites for hydroxylation is 2. The number of halogens is 2. The van der Waals surface area contributed by atoms with Crippen LogP contribution in [0.2, 0.25) is 5.02 Å². The van der Waals surface area contributed by atoms with Crippen molar-refractivity contribution in [2.45, 2.75) is 25.2 Å². The van der Waals surface area contributed by atoms with E-state index in [2.05, 4.69) is 9.62 Å². The molecule has 3 aromatic carbocycles. The fourth-order valence-electron chi connectivity index (χ4n) is 3.86. The van der Waals surface area contributed by atoms with Crippen LogP contribution in [0.15, 0.2) is 65.6 Å². The third-order valence-electron chi connectivity index (χ3n) is 5.82. The van der Waals surface area contributed by atoms with Gasteiger partial charge in [0, 0.05) is 22.8 Å². The Balaban J connectivity index is 0.00000400. The van der Waals surface area contributed by atoms with Crippen molar-refractivity contribution in [3.8, 4) is 0 Å². The van der Waals surface area contributed by atoms with Gasteiger partial charge in [-0.25, -0.2) is 13.4 Å². The summed E-state index contributed by atoms with van der Waals surface area (Å²) in [6, 6.07) is 16.8. The maximum absolute atomic E-state index is 13.6. The molecule has 0 radical (unpaired) electrons. The van der Waals surface area contributed by atoms with Gasteiger partial charge in [-0.15, -0.1) is 12.4 Å². The van der Waals surface area contributed by atoms with E-state index < -0.39 is 10.0 Å². The van der Waals surface area contributed by atoms with Gasteiger partial charge in [0.25, 0.3) is 15.9 Å². The highest BCUT2D eigenvalue weighted by Gasteiger charge is 2.22. The second kappa shape index (κ2) is 12.4. The molecule has 38 heavy (non-hydrogen) atoms. The van der Waals surface area contributed by atoms with Crippen molar-refractivity contribution in [2.24, 2.45) is 0 Å². The lowest BCUT2D eigenvalue weighted by molar-refractivity contribution is 0.0986. The number of carbonyl (C=O) groups excluding carboxylic acids is 1. The fraction of sp³-hybridized carbons (Fsp3) is 0.259. The lowest BCUT2D eigenvalue weighted by Crippen LogP contribution is -2.33. The molecule has 1 aromatic heterocycles. The molecule has 1 heterocycles. The van der Waals surface area contributed by atoms with Crippen molar-refractivity contribution in [2.75, 3.05) is 36.8 Å². The molecule has 4 rings (SSSR count). The molecule has 0 fully saturated rings. The van der Waals surface area contributed by atoms with Crippen LogP contribution in [0.4, 0.5) is 10.8 Å². The minimum atomic E-state index is -3.73. The van der Waals surface area contributed by atoms with Gasteiger partial charge in [-0.2, -0.15) is 0 Å². The van der Waals surface area contributed by atoms with Crippen LogP contribution in [0.25, 0.3) is 10.2 Å². The maximum atomic E-state index is 13.6. The number of nitrogens with zero attached hydrogens (tertiary/aromatic N) is 3. The molecule has 202 valence electrons. The Kier molecular flexibility index (Phi) is 9.78. The van der Waals surface area contributed by atoms with Gasteiger partial charge in [0.05, 0.1) is 15.1 Å². The number of benzene rings is 3. The molecule has 1 amide bonds. The molecular formula is C27H30Cl2N4O3S2. The predicted molar refractivity (Wildman–Crippen MR) is 160 cm³/mol. The number of hydrogen-bond donors (Lipinski definition) is 1. The van der Waals surface area contributed by atoms with Gasteiger partial charge >= 0.3 is 0 Å². The zero-order valence-corrected chi connectivity index (χ0v) is 24.8. The molecule has 0 unspecified atom stereocenters. The van der Waals surface area contributed by atoms with E-state index in [0.29, 0.717) is 27.9 Å². The summed E-state index contributed by atoms with van der Waals surface area (Å²) in [5.41, 5.74) is 3.58. The lowest BCUT2D eigenvalue weighted by atomic mass is 10.2. The van der Waals surface area contributed by atoms with Gasteiger partial charge < -0.3 is 4.90 Å². The summed E-state index contributed by atoms with van der Waals surface area (Å²) in [6.45, 7) is 5.16. The Hall–Kier alpha value is -2.69. The van der Waals surface area contributed by atoms with E-state index in [-0.39, 0.29) is 23.2 Å². The Morgan fingerprint density at radius 1 is 1.00 bits per heavy atom. The van der Waals surface area contributed by atoms with E-state index in [9.17, 15) is 13.2 Å². The van der Waals surface area contributed by atoms with Crippen molar-refractivity contribution in [3.05, 3.63) is 82.4 Å². The van der Waals surface area contributed by atoms with Crippen molar-refractivity contribution in [1.29, 1.82) is 0 Å². The smallest absolute Gasteiger partial charge is 0.261 e. The second-order valence-electron chi connectivity index (χ2n) is 9.18. The van der Waals surface area contributed by atoms with E-state index in [0.717, 1.165) is 34.3 Å². The first-order valence-corrected chi connectivity index (χ1v) is 14.4. The molecule has 0 aliphatic carbocycles. The van der Waals surface area contributed by atoms with Gasteiger partial charge in [0.1, 0.15) is 0 Å². The first kappa shape index (κ1) is 29.9. The molecule has 7 nitrogen and oxygen atoms in total. The van der Waals surface area contributed by atoms with Crippen LogP contribution in [0, 0.1) is 13.8 Å². The van der Waals surface area contributed by atoms with Crippen LogP contribution in [-0.4, -0.2) is 51.4 Å². The standard InChI is InChI=1S/C27H29ClN4O3S2.ClH/c1-18-6-12-23(13-7-18)37(34,35)30-22-10-8-20(9-11-22)26(33)32(15-5-14-31(3)4)27-29-25-19(2)16-21(28)17-24(25)36-27;/h6-13,16-17,30H,5,14-15H2,1-4H3;1H. The number of nitrogens with one attached hydrogen (secondary N) is 1. The largest absolute Gasteiger partial charge is 0.309 e. The van der Waals surface area contributed by atoms with E-state index in [1.165, 1.54) is 11.3 Å². The van der Waals surface area contributed by atoms with Gasteiger partial charge in [0.2, 0.25) is 0 Å². The van der Waals surface area contributed by atoms with E-state index in [1.54, 1.807) is 53.4 Å². The Morgan fingerprint density at radius 2 is 1.66 bits per heavy atom. The summed E-state index contributed by atoms with van der Waals surface area (Å²) < 4.78 is 29.0. The van der Waals surface area contributed by atoms with Crippen LogP contribution in [0.1, 0.15) is 27.9 Å². The van der Waals surface area contributed by atoms with E-state index in [4.69, 9.17) is 16.6 Å². The Bertz CT molecular complexity index is 1520. The summed E-state index contributed by atoms with van der Waals surface area (Å²) in [4.78, 5) is 22.3. The Morgan fingerprint density at radius 3 is 2.29 bits per heavy atom. The minimum Gasteiger partial charge on any atom is -0.309 e. The molecule has 0 aliphatic rings. The van der Waals surface area contributed by atoms with E-state index in [1.807, 2.05) is 40.1 Å². The number of amides is 1. The third-order valence-corrected chi connectivity index (χ3v) is 8.46. The Labute approximate surface area is 238 Å². The highest BCUT2D eigenvalue weighted by molar-refractivity contribution is 7.92. The minimum absolute atomic E-state index is 0. The molecular weight excluding hydrogens is 563 g/mol. The van der Waals surface area contributed by atoms with Crippen LogP contribution >= 0.6 is 35.3 Å². The number of thiazole rings is 1. The summed E-state index contributed by atoms with van der Waals surface area (Å²) in [5, 5.41) is 1.24. The normalized spacial score (nSPS) is 11.4. The number of anilines is 2. The molecule has 0 aliphatic heterocycles. The van der Waals surface area contributed by atoms with Gasteiger partial charge in [-0.05, 0) is 95.0 Å². The summed E-state index contributed by atoms with van der Waals surface area (Å²) >= 11 is 7.67. The number of rotatable bonds is 9. The number of fused-ring (bicyclic) bond motifs is 1. The van der Waals surface area contributed by atoms with Gasteiger partial charge in [0.15, 0.2) is 5.13 Å². The predicted octanol–water partition coefficient (Wildman–Crippen LogP) is 6.39. The SMILES string of the molecule is Cc1ccc(S(=O)(=O)Nc2ccc(C(=O)N(CCCN(C)C)c3nc4c(C)cc(Cl)cc4s3)cc2)cc1.Cl. The van der Waals surface area contributed by atoms with Crippen LogP contribution < -0.4 is 9.62 Å². The highest BCUT2D eigenvalue weighted by atomic mass is 35.5. The van der Waals surface area contributed by atoms with Crippen molar-refractivity contribution >= 4 is 72.3 Å². The van der Waals surface area contributed by atoms with Gasteiger partial charge in [-0.1, -0.05) is 40.6 Å². The molecule has 0 bridgehead atoms. The molecule has 1 N–H and O–H groups in total. The summed E-state index contributed by atoms with van der Waals surface area (Å²) in [6.07, 6.45) is 0.767. The fourth-order valence-corrected chi connectivity index (χ4v) is 6.36. The molecule has 0 saturated carbocycles. The second-order valence-corrected chi connectivity index (χ2v) is 12.3. The first-order valence-electron chi connectivity index (χ1n) is 11.8. The topological polar surface area (TPSA) is 82.6 Å². The zero-order valence-electron chi connectivity index (χ0n) is 21.6. The summed E-state index contributed by atoms with van der Waals surface area (Å²) in [5.74, 6) is -0.200. The van der Waals surface area contributed by atoms with Crippen molar-refractivity contribution < 1.29 is 13.2 Å². The van der Waals surface area contributed by atoms with Gasteiger partial charge in [-0.3, -0.25) is 14.4 Å². The first-order chi connectivity index (χ1) is 17.5.